The summed E-state index contributed by atoms with van der Waals surface area (Å²) in [5, 5.41) is 0. The Morgan fingerprint density at radius 3 is 0.985 bits per heavy atom. The van der Waals surface area contributed by atoms with Crippen LogP contribution < -0.4 is 0 Å². The van der Waals surface area contributed by atoms with E-state index >= 15 is 0 Å². The van der Waals surface area contributed by atoms with Crippen LogP contribution in [0.4, 0.5) is 0 Å². The van der Waals surface area contributed by atoms with E-state index in [9.17, 15) is 14.4 Å². The van der Waals surface area contributed by atoms with Gasteiger partial charge in [0.2, 0.25) is 0 Å². The Bertz CT molecular complexity index is 1300. The molecule has 0 aromatic rings. The molecular weight excluding hydrogens is 829 g/mol. The van der Waals surface area contributed by atoms with E-state index in [2.05, 4.69) is 93.7 Å². The number of unbranched alkanes of at least 4 members (excludes halogenated alkanes) is 26. The van der Waals surface area contributed by atoms with E-state index < -0.39 is 12.1 Å². The number of hydrogen-bond acceptors (Lipinski definition) is 6. The number of ether oxygens (including phenoxy) is 3. The molecule has 6 nitrogen and oxygen atoms in total. The summed E-state index contributed by atoms with van der Waals surface area (Å²) in [5.74, 6) is -1.04. The number of carbonyl (C=O) groups is 3. The molecule has 0 saturated carbocycles. The zero-order valence-electron chi connectivity index (χ0n) is 43.9. The topological polar surface area (TPSA) is 78.9 Å². The SMILES string of the molecule is CC/C=C\C/C=C\C/C=C\C/C=C\C/C=C\CC(=O)OC(COC(=O)CCCCCCCCCCC/C=C\C/C=C\CCCCCCC)COC(=O)CCCCCCCCCCCCCCC. The van der Waals surface area contributed by atoms with Gasteiger partial charge in [-0.2, -0.15) is 0 Å². The van der Waals surface area contributed by atoms with E-state index in [1.54, 1.807) is 6.08 Å². The standard InChI is InChI=1S/C61H104O6/c1-4-7-10-13-16-19-22-25-27-28-29-30-31-32-34-36-39-42-45-48-51-54-60(63)66-57-58(56-65-59(62)53-50-47-44-41-38-35-24-21-18-15-12-9-6-3)67-61(64)55-52-49-46-43-40-37-33-26-23-20-17-14-11-8-5-2/h8,11,17,20,22,25-26,28-29,33,40,43,49,52,58H,4-7,9-10,12-16,18-19,21,23-24,27,30-32,34-39,41-42,44-48,50-51,53-57H2,1-3H3/b11-8-,20-17-,25-22-,29-28-,33-26-,43-40-,52-49-. The van der Waals surface area contributed by atoms with Crippen LogP contribution in [0.15, 0.2) is 85.1 Å². The first-order valence-corrected chi connectivity index (χ1v) is 28.1. The van der Waals surface area contributed by atoms with Gasteiger partial charge in [0.25, 0.3) is 0 Å². The lowest BCUT2D eigenvalue weighted by Crippen LogP contribution is -2.30. The number of hydrogen-bond donors (Lipinski definition) is 0. The van der Waals surface area contributed by atoms with E-state index in [0.29, 0.717) is 12.8 Å². The molecule has 384 valence electrons. The molecule has 0 aliphatic rings. The summed E-state index contributed by atoms with van der Waals surface area (Å²) < 4.78 is 16.7. The second kappa shape index (κ2) is 55.2. The van der Waals surface area contributed by atoms with Crippen molar-refractivity contribution < 1.29 is 28.6 Å². The summed E-state index contributed by atoms with van der Waals surface area (Å²) in [6.45, 7) is 6.44. The molecule has 0 spiro atoms. The number of carbonyl (C=O) groups excluding carboxylic acids is 3. The number of rotatable bonds is 50. The van der Waals surface area contributed by atoms with Crippen molar-refractivity contribution in [2.24, 2.45) is 0 Å². The van der Waals surface area contributed by atoms with Crippen LogP contribution in [-0.2, 0) is 28.6 Å². The Morgan fingerprint density at radius 2 is 0.627 bits per heavy atom. The second-order valence-electron chi connectivity index (χ2n) is 18.5. The van der Waals surface area contributed by atoms with Crippen molar-refractivity contribution in [3.05, 3.63) is 85.1 Å². The molecule has 0 rings (SSSR count). The minimum absolute atomic E-state index is 0.0969. The Morgan fingerprint density at radius 1 is 0.328 bits per heavy atom. The molecular formula is C61H104O6. The summed E-state index contributed by atoms with van der Waals surface area (Å²) in [6.07, 6.45) is 71.7. The van der Waals surface area contributed by atoms with Crippen molar-refractivity contribution in [2.75, 3.05) is 13.2 Å². The van der Waals surface area contributed by atoms with Crippen molar-refractivity contribution in [2.45, 2.75) is 271 Å². The van der Waals surface area contributed by atoms with Gasteiger partial charge in [-0.15, -0.1) is 0 Å². The quantitative estimate of drug-likeness (QED) is 0.0262. The fourth-order valence-corrected chi connectivity index (χ4v) is 7.73. The largest absolute Gasteiger partial charge is 0.462 e. The third kappa shape index (κ3) is 53.4. The fourth-order valence-electron chi connectivity index (χ4n) is 7.73. The maximum Gasteiger partial charge on any atom is 0.310 e. The highest BCUT2D eigenvalue weighted by atomic mass is 16.6. The molecule has 6 heteroatoms. The molecule has 0 fully saturated rings. The molecule has 0 aromatic carbocycles. The van der Waals surface area contributed by atoms with Crippen molar-refractivity contribution in [3.63, 3.8) is 0 Å². The third-order valence-corrected chi connectivity index (χ3v) is 11.9. The molecule has 0 saturated heterocycles. The molecule has 0 bridgehead atoms. The molecule has 0 aromatic heterocycles. The van der Waals surface area contributed by atoms with E-state index in [-0.39, 0.29) is 31.6 Å². The second-order valence-corrected chi connectivity index (χ2v) is 18.5. The highest BCUT2D eigenvalue weighted by Gasteiger charge is 2.19. The van der Waals surface area contributed by atoms with E-state index in [0.717, 1.165) is 77.0 Å². The van der Waals surface area contributed by atoms with Crippen LogP contribution in [-0.4, -0.2) is 37.2 Å². The fraction of sp³-hybridized carbons (Fsp3) is 0.721. The number of allylic oxidation sites excluding steroid dienone is 13. The molecule has 0 heterocycles. The molecule has 1 atom stereocenters. The lowest BCUT2D eigenvalue weighted by Gasteiger charge is -2.18. The summed E-state index contributed by atoms with van der Waals surface area (Å²) in [5.41, 5.74) is 0. The Balaban J connectivity index is 4.43. The molecule has 0 amide bonds. The Labute approximate surface area is 414 Å². The first-order chi connectivity index (χ1) is 33.0. The first kappa shape index (κ1) is 63.6. The van der Waals surface area contributed by atoms with Crippen molar-refractivity contribution in [3.8, 4) is 0 Å². The smallest absolute Gasteiger partial charge is 0.310 e. The summed E-state index contributed by atoms with van der Waals surface area (Å²) >= 11 is 0. The van der Waals surface area contributed by atoms with Crippen LogP contribution in [0.25, 0.3) is 0 Å². The molecule has 0 N–H and O–H groups in total. The molecule has 67 heavy (non-hydrogen) atoms. The number of esters is 3. The van der Waals surface area contributed by atoms with Gasteiger partial charge in [-0.25, -0.2) is 0 Å². The maximum atomic E-state index is 12.8. The van der Waals surface area contributed by atoms with Gasteiger partial charge in [-0.05, 0) is 77.0 Å². The van der Waals surface area contributed by atoms with Gasteiger partial charge in [0.1, 0.15) is 13.2 Å². The van der Waals surface area contributed by atoms with Gasteiger partial charge in [0.15, 0.2) is 6.10 Å². The van der Waals surface area contributed by atoms with Crippen LogP contribution in [0.5, 0.6) is 0 Å². The van der Waals surface area contributed by atoms with Gasteiger partial charge in [0.05, 0.1) is 6.42 Å². The van der Waals surface area contributed by atoms with Crippen LogP contribution in [0, 0.1) is 0 Å². The van der Waals surface area contributed by atoms with Crippen LogP contribution in [0.3, 0.4) is 0 Å². The molecule has 0 radical (unpaired) electrons. The summed E-state index contributed by atoms with van der Waals surface area (Å²) in [4.78, 5) is 38.0. The third-order valence-electron chi connectivity index (χ3n) is 11.9. The van der Waals surface area contributed by atoms with Gasteiger partial charge in [0, 0.05) is 12.8 Å². The van der Waals surface area contributed by atoms with Gasteiger partial charge in [-0.1, -0.05) is 254 Å². The molecule has 0 aliphatic carbocycles. The maximum absolute atomic E-state index is 12.8. The normalized spacial score (nSPS) is 12.7. The zero-order valence-corrected chi connectivity index (χ0v) is 43.9. The van der Waals surface area contributed by atoms with Gasteiger partial charge in [-0.3, -0.25) is 14.4 Å². The van der Waals surface area contributed by atoms with E-state index in [1.165, 1.54) is 148 Å². The monoisotopic (exact) mass is 933 g/mol. The van der Waals surface area contributed by atoms with Crippen molar-refractivity contribution in [1.29, 1.82) is 0 Å². The van der Waals surface area contributed by atoms with Gasteiger partial charge < -0.3 is 14.2 Å². The van der Waals surface area contributed by atoms with Crippen LogP contribution in [0.2, 0.25) is 0 Å². The highest BCUT2D eigenvalue weighted by Crippen LogP contribution is 2.15. The Hall–Kier alpha value is -3.41. The lowest BCUT2D eigenvalue weighted by molar-refractivity contribution is -0.166. The minimum Gasteiger partial charge on any atom is -0.462 e. The average molecular weight is 933 g/mol. The van der Waals surface area contributed by atoms with E-state index in [4.69, 9.17) is 14.2 Å². The predicted octanol–water partition coefficient (Wildman–Crippen LogP) is 18.8. The lowest BCUT2D eigenvalue weighted by atomic mass is 10.0. The van der Waals surface area contributed by atoms with Crippen LogP contribution in [0.1, 0.15) is 265 Å². The minimum atomic E-state index is -0.831. The van der Waals surface area contributed by atoms with E-state index in [1.807, 2.05) is 6.08 Å². The Kier molecular flexibility index (Phi) is 52.4. The van der Waals surface area contributed by atoms with Crippen molar-refractivity contribution in [1.82, 2.24) is 0 Å². The average Bonchev–Trinajstić information content (AvgIpc) is 3.33. The summed E-state index contributed by atoms with van der Waals surface area (Å²) in [7, 11) is 0. The summed E-state index contributed by atoms with van der Waals surface area (Å²) in [6, 6.07) is 0. The van der Waals surface area contributed by atoms with Gasteiger partial charge >= 0.3 is 17.9 Å². The molecule has 0 aliphatic heterocycles. The first-order valence-electron chi connectivity index (χ1n) is 28.1. The van der Waals surface area contributed by atoms with Crippen LogP contribution >= 0.6 is 0 Å². The molecule has 1 unspecified atom stereocenters. The zero-order chi connectivity index (χ0) is 48.6. The highest BCUT2D eigenvalue weighted by molar-refractivity contribution is 5.72. The van der Waals surface area contributed by atoms with Crippen molar-refractivity contribution >= 4 is 17.9 Å². The predicted molar refractivity (Wildman–Crippen MR) is 288 cm³/mol.